The van der Waals surface area contributed by atoms with Gasteiger partial charge in [-0.3, -0.25) is 14.7 Å². The van der Waals surface area contributed by atoms with Gasteiger partial charge in [0.1, 0.15) is 0 Å². The number of hydrogen-bond acceptors (Lipinski definition) is 3. The zero-order valence-electron chi connectivity index (χ0n) is 13.9. The molecule has 0 bridgehead atoms. The van der Waals surface area contributed by atoms with Crippen molar-refractivity contribution in [1.82, 2.24) is 15.2 Å². The van der Waals surface area contributed by atoms with Crippen LogP contribution in [-0.2, 0) is 4.79 Å². The molecule has 1 aromatic rings. The van der Waals surface area contributed by atoms with Gasteiger partial charge in [-0.15, -0.1) is 6.58 Å². The second kappa shape index (κ2) is 7.05. The average molecular weight is 301 g/mol. The minimum absolute atomic E-state index is 0.0736. The largest absolute Gasteiger partial charge is 0.355 e. The van der Waals surface area contributed by atoms with Crippen LogP contribution in [0.1, 0.15) is 38.3 Å². The van der Waals surface area contributed by atoms with Crippen molar-refractivity contribution >= 4 is 5.91 Å². The summed E-state index contributed by atoms with van der Waals surface area (Å²) in [6, 6.07) is 4.42. The smallest absolute Gasteiger partial charge is 0.229 e. The summed E-state index contributed by atoms with van der Waals surface area (Å²) in [6.07, 6.45) is 7.33. The highest BCUT2D eigenvalue weighted by Gasteiger charge is 2.34. The van der Waals surface area contributed by atoms with Crippen LogP contribution in [-0.4, -0.2) is 35.9 Å². The van der Waals surface area contributed by atoms with E-state index in [1.165, 1.54) is 5.56 Å². The van der Waals surface area contributed by atoms with Gasteiger partial charge in [0, 0.05) is 25.0 Å². The summed E-state index contributed by atoms with van der Waals surface area (Å²) in [5, 5.41) is 3.13. The average Bonchev–Trinajstić information content (AvgIpc) is 2.93. The lowest BCUT2D eigenvalue weighted by Gasteiger charge is -2.28. The van der Waals surface area contributed by atoms with Gasteiger partial charge in [0.2, 0.25) is 5.91 Å². The molecule has 4 nitrogen and oxygen atoms in total. The van der Waals surface area contributed by atoms with Crippen LogP contribution in [0.25, 0.3) is 0 Å². The normalized spacial score (nSPS) is 24.7. The van der Waals surface area contributed by atoms with Gasteiger partial charge in [-0.1, -0.05) is 19.1 Å². The summed E-state index contributed by atoms with van der Waals surface area (Å²) in [5.74, 6) is 0.494. The van der Waals surface area contributed by atoms with Crippen molar-refractivity contribution in [2.24, 2.45) is 11.3 Å². The molecular formula is C18H27N3O. The molecule has 0 radical (unpaired) electrons. The van der Waals surface area contributed by atoms with Crippen molar-refractivity contribution in [2.45, 2.75) is 32.7 Å². The fourth-order valence-electron chi connectivity index (χ4n) is 3.14. The molecule has 22 heavy (non-hydrogen) atoms. The van der Waals surface area contributed by atoms with Gasteiger partial charge in [0.05, 0.1) is 5.41 Å². The fourth-order valence-corrected chi connectivity index (χ4v) is 3.14. The number of rotatable bonds is 6. The van der Waals surface area contributed by atoms with Crippen LogP contribution in [0.3, 0.4) is 0 Å². The third-order valence-corrected chi connectivity index (χ3v) is 5.03. The highest BCUT2D eigenvalue weighted by atomic mass is 16.2. The summed E-state index contributed by atoms with van der Waals surface area (Å²) >= 11 is 0. The number of carbonyl (C=O) groups is 1. The summed E-state index contributed by atoms with van der Waals surface area (Å²) < 4.78 is 0. The Labute approximate surface area is 133 Å². The molecule has 0 aromatic carbocycles. The Kier molecular flexibility index (Phi) is 5.35. The third-order valence-electron chi connectivity index (χ3n) is 5.03. The lowest BCUT2D eigenvalue weighted by molar-refractivity contribution is -0.128. The Balaban J connectivity index is 2.03. The first-order chi connectivity index (χ1) is 10.5. The molecule has 1 aliphatic heterocycles. The SMILES string of the molecule is C=C[C@](C)(CC)C(=O)NC[C@@H]1CCN(C)[C@H]1c1cccnc1. The second-order valence-electron chi connectivity index (χ2n) is 6.45. The van der Waals surface area contributed by atoms with E-state index in [0.717, 1.165) is 19.4 Å². The van der Waals surface area contributed by atoms with Gasteiger partial charge in [-0.2, -0.15) is 0 Å². The molecule has 0 aliphatic carbocycles. The quantitative estimate of drug-likeness (QED) is 0.822. The summed E-state index contributed by atoms with van der Waals surface area (Å²) in [6.45, 7) is 9.51. The number of amides is 1. The Bertz CT molecular complexity index is 516. The van der Waals surface area contributed by atoms with E-state index < -0.39 is 5.41 Å². The number of carbonyl (C=O) groups excluding carboxylic acids is 1. The van der Waals surface area contributed by atoms with E-state index in [2.05, 4.69) is 34.9 Å². The fraction of sp³-hybridized carbons (Fsp3) is 0.556. The Morgan fingerprint density at radius 3 is 3.00 bits per heavy atom. The van der Waals surface area contributed by atoms with Crippen molar-refractivity contribution in [3.8, 4) is 0 Å². The molecule has 2 heterocycles. The number of aromatic nitrogens is 1. The zero-order valence-corrected chi connectivity index (χ0v) is 13.9. The molecule has 2 rings (SSSR count). The van der Waals surface area contributed by atoms with Crippen LogP contribution in [0.4, 0.5) is 0 Å². The Morgan fingerprint density at radius 1 is 1.64 bits per heavy atom. The van der Waals surface area contributed by atoms with Gasteiger partial charge in [-0.05, 0) is 50.9 Å². The maximum absolute atomic E-state index is 12.4. The molecule has 1 saturated heterocycles. The second-order valence-corrected chi connectivity index (χ2v) is 6.45. The van der Waals surface area contributed by atoms with Crippen LogP contribution in [0.15, 0.2) is 37.2 Å². The highest BCUT2D eigenvalue weighted by Crippen LogP contribution is 2.35. The van der Waals surface area contributed by atoms with Crippen LogP contribution in [0.5, 0.6) is 0 Å². The van der Waals surface area contributed by atoms with Gasteiger partial charge >= 0.3 is 0 Å². The first-order valence-electron chi connectivity index (χ1n) is 8.04. The molecule has 3 atom stereocenters. The molecule has 1 N–H and O–H groups in total. The van der Waals surface area contributed by atoms with E-state index in [1.807, 2.05) is 26.1 Å². The van der Waals surface area contributed by atoms with Crippen LogP contribution < -0.4 is 5.32 Å². The predicted molar refractivity (Wildman–Crippen MR) is 89.3 cm³/mol. The topological polar surface area (TPSA) is 45.2 Å². The summed E-state index contributed by atoms with van der Waals surface area (Å²) in [4.78, 5) is 19.0. The number of hydrogen-bond donors (Lipinski definition) is 1. The molecule has 1 aromatic heterocycles. The number of likely N-dealkylation sites (tertiary alicyclic amines) is 1. The number of pyridine rings is 1. The standard InChI is InChI=1S/C18H27N3O/c1-5-18(3,6-2)17(22)20-13-15-9-11-21(4)16(15)14-8-7-10-19-12-14/h5,7-8,10,12,15-16H,1,6,9,11,13H2,2-4H3,(H,20,22)/t15-,16-,18+/m0/s1. The molecule has 0 unspecified atom stereocenters. The molecule has 0 spiro atoms. The molecule has 0 saturated carbocycles. The van der Waals surface area contributed by atoms with Crippen molar-refractivity contribution in [3.63, 3.8) is 0 Å². The lowest BCUT2D eigenvalue weighted by atomic mass is 9.86. The highest BCUT2D eigenvalue weighted by molar-refractivity contribution is 5.84. The minimum Gasteiger partial charge on any atom is -0.355 e. The van der Waals surface area contributed by atoms with E-state index in [0.29, 0.717) is 18.5 Å². The monoisotopic (exact) mass is 301 g/mol. The summed E-state index contributed by atoms with van der Waals surface area (Å²) in [5.41, 5.74) is 0.748. The Morgan fingerprint density at radius 2 is 2.41 bits per heavy atom. The molecule has 120 valence electrons. The Hall–Kier alpha value is -1.68. The van der Waals surface area contributed by atoms with Crippen LogP contribution in [0, 0.1) is 11.3 Å². The first-order valence-corrected chi connectivity index (χ1v) is 8.04. The van der Waals surface area contributed by atoms with Crippen LogP contribution in [0.2, 0.25) is 0 Å². The minimum atomic E-state index is -0.478. The van der Waals surface area contributed by atoms with Gasteiger partial charge in [-0.25, -0.2) is 0 Å². The maximum Gasteiger partial charge on any atom is 0.229 e. The number of nitrogens with zero attached hydrogens (tertiary/aromatic N) is 2. The van der Waals surface area contributed by atoms with E-state index in [4.69, 9.17) is 0 Å². The van der Waals surface area contributed by atoms with E-state index in [1.54, 1.807) is 12.3 Å². The molecule has 4 heteroatoms. The van der Waals surface area contributed by atoms with Gasteiger partial charge < -0.3 is 5.32 Å². The molecule has 1 amide bonds. The predicted octanol–water partition coefficient (Wildman–Crippen LogP) is 2.79. The van der Waals surface area contributed by atoms with Crippen LogP contribution >= 0.6 is 0 Å². The number of nitrogens with one attached hydrogen (secondary N) is 1. The van der Waals surface area contributed by atoms with Gasteiger partial charge in [0.15, 0.2) is 0 Å². The molecular weight excluding hydrogens is 274 g/mol. The van der Waals surface area contributed by atoms with Crippen molar-refractivity contribution in [1.29, 1.82) is 0 Å². The third kappa shape index (κ3) is 3.38. The first kappa shape index (κ1) is 16.7. The van der Waals surface area contributed by atoms with E-state index in [9.17, 15) is 4.79 Å². The maximum atomic E-state index is 12.4. The van der Waals surface area contributed by atoms with Crippen molar-refractivity contribution in [3.05, 3.63) is 42.7 Å². The molecule has 1 aliphatic rings. The summed E-state index contributed by atoms with van der Waals surface area (Å²) in [7, 11) is 2.14. The lowest BCUT2D eigenvalue weighted by Crippen LogP contribution is -2.40. The van der Waals surface area contributed by atoms with Crippen molar-refractivity contribution < 1.29 is 4.79 Å². The van der Waals surface area contributed by atoms with Crippen molar-refractivity contribution in [2.75, 3.05) is 20.1 Å². The van der Waals surface area contributed by atoms with E-state index in [-0.39, 0.29) is 5.91 Å². The van der Waals surface area contributed by atoms with E-state index >= 15 is 0 Å². The van der Waals surface area contributed by atoms with Gasteiger partial charge in [0.25, 0.3) is 0 Å². The molecule has 1 fully saturated rings. The zero-order chi connectivity index (χ0) is 16.2.